The maximum atomic E-state index is 11.9. The Balaban J connectivity index is 1.88. The molecule has 0 fully saturated rings. The first-order chi connectivity index (χ1) is 9.10. The Morgan fingerprint density at radius 3 is 2.68 bits per heavy atom. The van der Waals surface area contributed by atoms with Gasteiger partial charge in [-0.15, -0.1) is 0 Å². The lowest BCUT2D eigenvalue weighted by molar-refractivity contribution is -0.116. The van der Waals surface area contributed by atoms with Crippen LogP contribution in [0.4, 0.5) is 5.69 Å². The fraction of sp³-hybridized carbons (Fsp3) is 0.462. The van der Waals surface area contributed by atoms with E-state index >= 15 is 0 Å². The summed E-state index contributed by atoms with van der Waals surface area (Å²) in [6.07, 6.45) is 5.80. The molecule has 102 valence electrons. The quantitative estimate of drug-likeness (QED) is 0.891. The second kappa shape index (κ2) is 5.69. The van der Waals surface area contributed by atoms with Gasteiger partial charge in [-0.2, -0.15) is 10.2 Å². The second-order valence-corrected chi connectivity index (χ2v) is 4.54. The highest BCUT2D eigenvalue weighted by Gasteiger charge is 2.09. The van der Waals surface area contributed by atoms with Crippen LogP contribution in [0, 0.1) is 13.8 Å². The predicted octanol–water partition coefficient (Wildman–Crippen LogP) is 1.75. The maximum Gasteiger partial charge on any atom is 0.226 e. The Kier molecular flexibility index (Phi) is 3.99. The first-order valence-corrected chi connectivity index (χ1v) is 6.41. The summed E-state index contributed by atoms with van der Waals surface area (Å²) in [5.41, 5.74) is 2.86. The molecule has 2 aromatic rings. The van der Waals surface area contributed by atoms with Crippen LogP contribution in [-0.4, -0.2) is 25.5 Å². The molecule has 0 spiro atoms. The average Bonchev–Trinajstić information content (AvgIpc) is 2.95. The third-order valence-electron chi connectivity index (χ3n) is 3.01. The first-order valence-electron chi connectivity index (χ1n) is 6.41. The number of aryl methyl sites for hydroxylation is 3. The summed E-state index contributed by atoms with van der Waals surface area (Å²) >= 11 is 0. The zero-order chi connectivity index (χ0) is 13.8. The van der Waals surface area contributed by atoms with Crippen molar-refractivity contribution in [2.45, 2.75) is 40.3 Å². The summed E-state index contributed by atoms with van der Waals surface area (Å²) in [4.78, 5) is 11.9. The molecule has 0 unspecified atom stereocenters. The Morgan fingerprint density at radius 2 is 2.11 bits per heavy atom. The summed E-state index contributed by atoms with van der Waals surface area (Å²) in [5, 5.41) is 11.2. The third-order valence-corrected chi connectivity index (χ3v) is 3.01. The molecule has 0 radical (unpaired) electrons. The summed E-state index contributed by atoms with van der Waals surface area (Å²) in [5.74, 6) is -0.0214. The fourth-order valence-corrected chi connectivity index (χ4v) is 1.91. The number of carbonyl (C=O) groups is 1. The highest BCUT2D eigenvalue weighted by molar-refractivity contribution is 5.91. The minimum Gasteiger partial charge on any atom is -0.323 e. The molecule has 2 heterocycles. The number of anilines is 1. The minimum absolute atomic E-state index is 0.0214. The van der Waals surface area contributed by atoms with Gasteiger partial charge in [0.05, 0.1) is 23.8 Å². The summed E-state index contributed by atoms with van der Waals surface area (Å²) in [6.45, 7) is 7.33. The average molecular weight is 261 g/mol. The molecule has 2 aromatic heterocycles. The van der Waals surface area contributed by atoms with Crippen molar-refractivity contribution in [1.29, 1.82) is 0 Å². The number of carbonyl (C=O) groups excluding carboxylic acids is 1. The molecule has 1 amide bonds. The molecule has 1 N–H and O–H groups in total. The van der Waals surface area contributed by atoms with Crippen molar-refractivity contribution in [2.24, 2.45) is 0 Å². The van der Waals surface area contributed by atoms with E-state index in [2.05, 4.69) is 15.5 Å². The minimum atomic E-state index is -0.0214. The van der Waals surface area contributed by atoms with Gasteiger partial charge in [0.15, 0.2) is 0 Å². The van der Waals surface area contributed by atoms with E-state index in [1.807, 2.05) is 31.6 Å². The lowest BCUT2D eigenvalue weighted by Gasteiger charge is -2.05. The van der Waals surface area contributed by atoms with Crippen LogP contribution >= 0.6 is 0 Å². The zero-order valence-corrected chi connectivity index (χ0v) is 11.6. The van der Waals surface area contributed by atoms with Gasteiger partial charge in [0, 0.05) is 25.7 Å². The number of amides is 1. The van der Waals surface area contributed by atoms with Crippen molar-refractivity contribution in [3.05, 3.63) is 29.8 Å². The standard InChI is InChI=1S/C13H19N5O/c1-4-18-11(3)12(8-15-18)16-13(19)5-6-17-9-10(2)7-14-17/h7-9H,4-6H2,1-3H3,(H,16,19). The number of rotatable bonds is 5. The van der Waals surface area contributed by atoms with Gasteiger partial charge in [-0.25, -0.2) is 0 Å². The number of hydrogen-bond acceptors (Lipinski definition) is 3. The highest BCUT2D eigenvalue weighted by Crippen LogP contribution is 2.13. The van der Waals surface area contributed by atoms with Gasteiger partial charge >= 0.3 is 0 Å². The van der Waals surface area contributed by atoms with Gasteiger partial charge in [-0.05, 0) is 26.3 Å². The largest absolute Gasteiger partial charge is 0.323 e. The molecular formula is C13H19N5O. The van der Waals surface area contributed by atoms with Crippen molar-refractivity contribution in [2.75, 3.05) is 5.32 Å². The van der Waals surface area contributed by atoms with Gasteiger partial charge in [0.1, 0.15) is 0 Å². The van der Waals surface area contributed by atoms with Crippen LogP contribution in [-0.2, 0) is 17.9 Å². The van der Waals surface area contributed by atoms with E-state index in [0.717, 1.165) is 23.5 Å². The van der Waals surface area contributed by atoms with E-state index in [9.17, 15) is 4.79 Å². The van der Waals surface area contributed by atoms with E-state index in [1.54, 1.807) is 17.1 Å². The highest BCUT2D eigenvalue weighted by atomic mass is 16.1. The van der Waals surface area contributed by atoms with Crippen LogP contribution in [0.3, 0.4) is 0 Å². The van der Waals surface area contributed by atoms with Crippen LogP contribution in [0.1, 0.15) is 24.6 Å². The molecule has 6 nitrogen and oxygen atoms in total. The molecule has 0 atom stereocenters. The van der Waals surface area contributed by atoms with Crippen LogP contribution < -0.4 is 5.32 Å². The van der Waals surface area contributed by atoms with Crippen molar-refractivity contribution in [1.82, 2.24) is 19.6 Å². The van der Waals surface area contributed by atoms with Crippen LogP contribution in [0.2, 0.25) is 0 Å². The topological polar surface area (TPSA) is 64.7 Å². The molecule has 0 saturated heterocycles. The Morgan fingerprint density at radius 1 is 1.32 bits per heavy atom. The van der Waals surface area contributed by atoms with Gasteiger partial charge in [-0.1, -0.05) is 0 Å². The summed E-state index contributed by atoms with van der Waals surface area (Å²) < 4.78 is 3.63. The molecule has 0 aliphatic rings. The summed E-state index contributed by atoms with van der Waals surface area (Å²) in [6, 6.07) is 0. The molecule has 6 heteroatoms. The van der Waals surface area contributed by atoms with Gasteiger partial charge in [0.2, 0.25) is 5.91 Å². The summed E-state index contributed by atoms with van der Waals surface area (Å²) in [7, 11) is 0. The normalized spacial score (nSPS) is 10.7. The van der Waals surface area contributed by atoms with Crippen molar-refractivity contribution >= 4 is 11.6 Å². The van der Waals surface area contributed by atoms with E-state index in [-0.39, 0.29) is 5.91 Å². The molecule has 0 aromatic carbocycles. The van der Waals surface area contributed by atoms with Crippen LogP contribution in [0.15, 0.2) is 18.6 Å². The molecule has 0 saturated carbocycles. The molecule has 0 aliphatic heterocycles. The number of nitrogens with one attached hydrogen (secondary N) is 1. The van der Waals surface area contributed by atoms with Gasteiger partial charge < -0.3 is 5.32 Å². The van der Waals surface area contributed by atoms with Crippen molar-refractivity contribution in [3.8, 4) is 0 Å². The Bertz CT molecular complexity index is 569. The Labute approximate surface area is 112 Å². The Hall–Kier alpha value is -2.11. The molecule has 2 rings (SSSR count). The van der Waals surface area contributed by atoms with Crippen molar-refractivity contribution in [3.63, 3.8) is 0 Å². The van der Waals surface area contributed by atoms with Crippen molar-refractivity contribution < 1.29 is 4.79 Å². The molecule has 0 bridgehead atoms. The maximum absolute atomic E-state index is 11.9. The third kappa shape index (κ3) is 3.21. The van der Waals surface area contributed by atoms with Crippen LogP contribution in [0.5, 0.6) is 0 Å². The number of hydrogen-bond donors (Lipinski definition) is 1. The first kappa shape index (κ1) is 13.3. The SMILES string of the molecule is CCn1ncc(NC(=O)CCn2cc(C)cn2)c1C. The number of nitrogens with zero attached hydrogens (tertiary/aromatic N) is 4. The molecule has 19 heavy (non-hydrogen) atoms. The fourth-order valence-electron chi connectivity index (χ4n) is 1.91. The lowest BCUT2D eigenvalue weighted by Crippen LogP contribution is -2.15. The zero-order valence-electron chi connectivity index (χ0n) is 11.6. The predicted molar refractivity (Wildman–Crippen MR) is 72.8 cm³/mol. The molecule has 0 aliphatic carbocycles. The lowest BCUT2D eigenvalue weighted by atomic mass is 10.3. The van der Waals surface area contributed by atoms with E-state index in [0.29, 0.717) is 13.0 Å². The monoisotopic (exact) mass is 261 g/mol. The van der Waals surface area contributed by atoms with Crippen LogP contribution in [0.25, 0.3) is 0 Å². The van der Waals surface area contributed by atoms with E-state index < -0.39 is 0 Å². The second-order valence-electron chi connectivity index (χ2n) is 4.54. The van der Waals surface area contributed by atoms with E-state index in [1.165, 1.54) is 0 Å². The van der Waals surface area contributed by atoms with Gasteiger partial charge in [0.25, 0.3) is 0 Å². The smallest absolute Gasteiger partial charge is 0.226 e. The number of aromatic nitrogens is 4. The van der Waals surface area contributed by atoms with Gasteiger partial charge in [-0.3, -0.25) is 14.2 Å². The molecular weight excluding hydrogens is 242 g/mol. The van der Waals surface area contributed by atoms with E-state index in [4.69, 9.17) is 0 Å².